The van der Waals surface area contributed by atoms with E-state index in [2.05, 4.69) is 10.2 Å². The van der Waals surface area contributed by atoms with E-state index in [9.17, 15) is 18.0 Å². The summed E-state index contributed by atoms with van der Waals surface area (Å²) >= 11 is 0. The molecule has 1 saturated heterocycles. The Kier molecular flexibility index (Phi) is 13.4. The largest absolute Gasteiger partial charge is 0.469 e. The minimum Gasteiger partial charge on any atom is -0.469 e. The number of alkyl halides is 3. The summed E-state index contributed by atoms with van der Waals surface area (Å²) in [4.78, 5) is 12.6. The fourth-order valence-electron chi connectivity index (χ4n) is 2.02. The number of esters is 1. The standard InChI is InChI=1S/C9H16F3N3O2.3ClH/c1-17-8(16)6-2-3-15(4-7(6)14-13)5-9(10,11)12;;;/h6-7,14H,2-5,13H2,1H3;3*1H. The quantitative estimate of drug-likeness (QED) is 0.447. The van der Waals surface area contributed by atoms with Crippen LogP contribution in [0.2, 0.25) is 0 Å². The topological polar surface area (TPSA) is 67.6 Å². The second-order valence-corrected chi connectivity index (χ2v) is 4.04. The predicted octanol–water partition coefficient (Wildman–Crippen LogP) is 1.14. The summed E-state index contributed by atoms with van der Waals surface area (Å²) in [5, 5.41) is 0. The molecule has 0 aromatic carbocycles. The zero-order valence-electron chi connectivity index (χ0n) is 10.7. The Morgan fingerprint density at radius 2 is 1.95 bits per heavy atom. The first-order valence-corrected chi connectivity index (χ1v) is 5.20. The van der Waals surface area contributed by atoms with Crippen molar-refractivity contribution in [3.8, 4) is 0 Å². The number of rotatable bonds is 3. The second-order valence-electron chi connectivity index (χ2n) is 4.04. The molecule has 0 aliphatic carbocycles. The third-order valence-electron chi connectivity index (χ3n) is 2.82. The number of ether oxygens (including phenoxy) is 1. The Bertz CT molecular complexity index is 285. The van der Waals surface area contributed by atoms with Gasteiger partial charge in [0.2, 0.25) is 0 Å². The molecule has 0 amide bonds. The highest BCUT2D eigenvalue weighted by molar-refractivity contribution is 5.86. The highest BCUT2D eigenvalue weighted by atomic mass is 35.5. The van der Waals surface area contributed by atoms with E-state index in [0.717, 1.165) is 0 Å². The number of hydrazine groups is 1. The van der Waals surface area contributed by atoms with Crippen LogP contribution in [0.25, 0.3) is 0 Å². The molecule has 5 nitrogen and oxygen atoms in total. The molecule has 1 rings (SSSR count). The lowest BCUT2D eigenvalue weighted by Gasteiger charge is -2.36. The number of piperidine rings is 1. The SMILES string of the molecule is COC(=O)C1CCN(CC(F)(F)F)CC1NN.Cl.Cl.Cl. The monoisotopic (exact) mass is 363 g/mol. The molecule has 0 aromatic heterocycles. The van der Waals surface area contributed by atoms with Crippen LogP contribution in [0.4, 0.5) is 13.2 Å². The van der Waals surface area contributed by atoms with Crippen molar-refractivity contribution in [1.29, 1.82) is 0 Å². The number of hydrogen-bond donors (Lipinski definition) is 2. The summed E-state index contributed by atoms with van der Waals surface area (Å²) in [7, 11) is 1.25. The van der Waals surface area contributed by atoms with Gasteiger partial charge in [0.25, 0.3) is 0 Å². The number of halogens is 6. The van der Waals surface area contributed by atoms with Gasteiger partial charge in [-0.2, -0.15) is 13.2 Å². The summed E-state index contributed by atoms with van der Waals surface area (Å²) in [6.07, 6.45) is -3.94. The lowest BCUT2D eigenvalue weighted by Crippen LogP contribution is -2.56. The zero-order valence-corrected chi connectivity index (χ0v) is 13.1. The zero-order chi connectivity index (χ0) is 13.1. The normalized spacial score (nSPS) is 22.9. The van der Waals surface area contributed by atoms with Crippen molar-refractivity contribution in [2.24, 2.45) is 11.8 Å². The first kappa shape index (κ1) is 25.0. The molecule has 2 unspecified atom stereocenters. The van der Waals surface area contributed by atoms with Gasteiger partial charge in [-0.1, -0.05) is 0 Å². The third kappa shape index (κ3) is 7.70. The molecule has 0 aromatic rings. The van der Waals surface area contributed by atoms with Crippen molar-refractivity contribution >= 4 is 43.2 Å². The molecule has 1 heterocycles. The fraction of sp³-hybridized carbons (Fsp3) is 0.889. The highest BCUT2D eigenvalue weighted by Crippen LogP contribution is 2.23. The van der Waals surface area contributed by atoms with E-state index < -0.39 is 30.7 Å². The van der Waals surface area contributed by atoms with Crippen molar-refractivity contribution in [3.05, 3.63) is 0 Å². The molecule has 0 saturated carbocycles. The number of hydrogen-bond acceptors (Lipinski definition) is 5. The minimum absolute atomic E-state index is 0. The van der Waals surface area contributed by atoms with Crippen molar-refractivity contribution in [3.63, 3.8) is 0 Å². The van der Waals surface area contributed by atoms with E-state index in [1.165, 1.54) is 12.0 Å². The number of carbonyl (C=O) groups is 1. The van der Waals surface area contributed by atoms with Gasteiger partial charge in [0.15, 0.2) is 0 Å². The average molecular weight is 365 g/mol. The maximum absolute atomic E-state index is 12.2. The van der Waals surface area contributed by atoms with Gasteiger partial charge in [0, 0.05) is 12.6 Å². The summed E-state index contributed by atoms with van der Waals surface area (Å²) in [5.41, 5.74) is 2.38. The van der Waals surface area contributed by atoms with Crippen LogP contribution in [0.5, 0.6) is 0 Å². The van der Waals surface area contributed by atoms with Crippen LogP contribution in [0.1, 0.15) is 6.42 Å². The first-order valence-electron chi connectivity index (χ1n) is 5.20. The van der Waals surface area contributed by atoms with Crippen LogP contribution in [0.15, 0.2) is 0 Å². The molecule has 2 atom stereocenters. The van der Waals surface area contributed by atoms with Crippen molar-refractivity contribution < 1.29 is 22.7 Å². The molecule has 1 aliphatic rings. The van der Waals surface area contributed by atoms with Gasteiger partial charge >= 0.3 is 12.1 Å². The molecule has 1 aliphatic heterocycles. The summed E-state index contributed by atoms with van der Waals surface area (Å²) < 4.78 is 41.2. The number of methoxy groups -OCH3 is 1. The van der Waals surface area contributed by atoms with E-state index >= 15 is 0 Å². The van der Waals surface area contributed by atoms with Gasteiger partial charge in [-0.3, -0.25) is 21.0 Å². The first-order chi connectivity index (χ1) is 7.87. The fourth-order valence-corrected chi connectivity index (χ4v) is 2.02. The van der Waals surface area contributed by atoms with Gasteiger partial charge in [-0.05, 0) is 13.0 Å². The van der Waals surface area contributed by atoms with Gasteiger partial charge in [0.1, 0.15) is 0 Å². The van der Waals surface area contributed by atoms with Gasteiger partial charge in [0.05, 0.1) is 19.6 Å². The maximum atomic E-state index is 12.2. The molecule has 0 radical (unpaired) electrons. The molecule has 11 heteroatoms. The van der Waals surface area contributed by atoms with Crippen molar-refractivity contribution in [2.45, 2.75) is 18.6 Å². The van der Waals surface area contributed by atoms with Crippen molar-refractivity contribution in [2.75, 3.05) is 26.7 Å². The Morgan fingerprint density at radius 1 is 1.40 bits per heavy atom. The Morgan fingerprint density at radius 3 is 2.35 bits per heavy atom. The number of nitrogens with two attached hydrogens (primary N) is 1. The Labute approximate surface area is 134 Å². The summed E-state index contributed by atoms with van der Waals surface area (Å²) in [6, 6.07) is -0.515. The molecule has 1 fully saturated rings. The van der Waals surface area contributed by atoms with Crippen LogP contribution in [-0.2, 0) is 9.53 Å². The lowest BCUT2D eigenvalue weighted by atomic mass is 9.92. The van der Waals surface area contributed by atoms with E-state index in [-0.39, 0.29) is 50.3 Å². The minimum atomic E-state index is -4.24. The average Bonchev–Trinajstić information content (AvgIpc) is 2.25. The maximum Gasteiger partial charge on any atom is 0.401 e. The smallest absolute Gasteiger partial charge is 0.401 e. The van der Waals surface area contributed by atoms with Crippen molar-refractivity contribution in [1.82, 2.24) is 10.3 Å². The lowest BCUT2D eigenvalue weighted by molar-refractivity contribution is -0.156. The van der Waals surface area contributed by atoms with Crippen LogP contribution in [0.3, 0.4) is 0 Å². The number of carbonyl (C=O) groups excluding carboxylic acids is 1. The Balaban J connectivity index is -0.000000963. The summed E-state index contributed by atoms with van der Waals surface area (Å²) in [6.45, 7) is -0.702. The number of nitrogens with zero attached hydrogens (tertiary/aromatic N) is 1. The van der Waals surface area contributed by atoms with Gasteiger partial charge in [-0.25, -0.2) is 0 Å². The van der Waals surface area contributed by atoms with Gasteiger partial charge < -0.3 is 4.74 Å². The molecular formula is C9H19Cl3F3N3O2. The van der Waals surface area contributed by atoms with E-state index in [4.69, 9.17) is 5.84 Å². The van der Waals surface area contributed by atoms with E-state index in [0.29, 0.717) is 6.42 Å². The molecule has 3 N–H and O–H groups in total. The summed E-state index contributed by atoms with van der Waals surface area (Å²) in [5.74, 6) is 4.31. The predicted molar refractivity (Wildman–Crippen MR) is 75.5 cm³/mol. The van der Waals surface area contributed by atoms with Crippen LogP contribution in [-0.4, -0.2) is 49.8 Å². The molecular weight excluding hydrogens is 345 g/mol. The number of nitrogens with one attached hydrogen (secondary N) is 1. The highest BCUT2D eigenvalue weighted by Gasteiger charge is 2.38. The molecule has 20 heavy (non-hydrogen) atoms. The second kappa shape index (κ2) is 10.7. The van der Waals surface area contributed by atoms with Crippen LogP contribution < -0.4 is 11.3 Å². The number of likely N-dealkylation sites (tertiary alicyclic amines) is 1. The molecule has 0 spiro atoms. The Hall–Kier alpha value is 0.01000. The van der Waals surface area contributed by atoms with E-state index in [1.807, 2.05) is 0 Å². The van der Waals surface area contributed by atoms with E-state index in [1.54, 1.807) is 0 Å². The van der Waals surface area contributed by atoms with Gasteiger partial charge in [-0.15, -0.1) is 37.2 Å². The van der Waals surface area contributed by atoms with Crippen LogP contribution in [0, 0.1) is 5.92 Å². The molecule has 0 bridgehead atoms. The molecule has 124 valence electrons. The van der Waals surface area contributed by atoms with Crippen LogP contribution >= 0.6 is 37.2 Å². The third-order valence-corrected chi connectivity index (χ3v) is 2.82.